The van der Waals surface area contributed by atoms with Gasteiger partial charge in [0.15, 0.2) is 0 Å². The molecular weight excluding hydrogens is 351 g/mol. The Morgan fingerprint density at radius 2 is 1.64 bits per heavy atom. The van der Waals surface area contributed by atoms with Gasteiger partial charge < -0.3 is 0 Å². The lowest BCUT2D eigenvalue weighted by Crippen LogP contribution is -1.94. The Bertz CT molecular complexity index is 1100. The summed E-state index contributed by atoms with van der Waals surface area (Å²) in [7, 11) is 0. The highest BCUT2D eigenvalue weighted by molar-refractivity contribution is 5.89. The zero-order valence-electron chi connectivity index (χ0n) is 15.4. The van der Waals surface area contributed by atoms with Crippen LogP contribution in [0.1, 0.15) is 11.1 Å². The number of halogens is 1. The molecule has 4 nitrogen and oxygen atoms in total. The molecule has 0 aliphatic heterocycles. The molecule has 3 aromatic carbocycles. The quantitative estimate of drug-likeness (QED) is 0.376. The molecule has 0 fully saturated rings. The first-order valence-electron chi connectivity index (χ1n) is 8.96. The second-order valence-electron chi connectivity index (χ2n) is 6.43. The minimum Gasteiger partial charge on any atom is -0.276 e. The number of rotatable bonds is 5. The van der Waals surface area contributed by atoms with E-state index in [9.17, 15) is 4.39 Å². The van der Waals surface area contributed by atoms with Crippen molar-refractivity contribution in [2.45, 2.75) is 6.92 Å². The van der Waals surface area contributed by atoms with E-state index in [-0.39, 0.29) is 5.82 Å². The predicted octanol–water partition coefficient (Wildman–Crippen LogP) is 5.43. The van der Waals surface area contributed by atoms with Crippen molar-refractivity contribution in [1.29, 1.82) is 0 Å². The normalized spacial score (nSPS) is 11.1. The zero-order valence-corrected chi connectivity index (χ0v) is 15.4. The lowest BCUT2D eigenvalue weighted by molar-refractivity contribution is 0.631. The third-order valence-corrected chi connectivity index (χ3v) is 4.35. The fourth-order valence-electron chi connectivity index (χ4n) is 2.86. The summed E-state index contributed by atoms with van der Waals surface area (Å²) in [5, 5.41) is 8.96. The average molecular weight is 370 g/mol. The molecule has 28 heavy (non-hydrogen) atoms. The third-order valence-electron chi connectivity index (χ3n) is 4.35. The number of hydrogen-bond donors (Lipinski definition) is 1. The number of aryl methyl sites for hydroxylation is 1. The number of para-hydroxylation sites is 1. The van der Waals surface area contributed by atoms with Gasteiger partial charge in [0.05, 0.1) is 17.6 Å². The molecule has 0 bridgehead atoms. The summed E-state index contributed by atoms with van der Waals surface area (Å²) in [6, 6.07) is 24.5. The first-order chi connectivity index (χ1) is 13.7. The molecule has 0 aliphatic rings. The fraction of sp³-hybridized carbons (Fsp3) is 0.0435. The van der Waals surface area contributed by atoms with Gasteiger partial charge in [-0.25, -0.2) is 9.07 Å². The molecule has 0 saturated heterocycles. The summed E-state index contributed by atoms with van der Waals surface area (Å²) in [5.41, 5.74) is 7.85. The van der Waals surface area contributed by atoms with Gasteiger partial charge in [-0.1, -0.05) is 60.2 Å². The molecule has 0 spiro atoms. The van der Waals surface area contributed by atoms with Crippen LogP contribution in [0.5, 0.6) is 0 Å². The first-order valence-corrected chi connectivity index (χ1v) is 8.96. The molecule has 138 valence electrons. The number of nitrogens with one attached hydrogen (secondary N) is 1. The van der Waals surface area contributed by atoms with Crippen LogP contribution in [0.15, 0.2) is 90.2 Å². The van der Waals surface area contributed by atoms with Crippen LogP contribution in [0.3, 0.4) is 0 Å². The highest BCUT2D eigenvalue weighted by atomic mass is 19.1. The molecule has 1 N–H and O–H groups in total. The van der Waals surface area contributed by atoms with Crippen LogP contribution in [0.2, 0.25) is 0 Å². The van der Waals surface area contributed by atoms with Crippen molar-refractivity contribution < 1.29 is 4.39 Å². The van der Waals surface area contributed by atoms with Gasteiger partial charge in [0.25, 0.3) is 0 Å². The fourth-order valence-corrected chi connectivity index (χ4v) is 2.86. The molecule has 0 unspecified atom stereocenters. The third kappa shape index (κ3) is 3.83. The Kier molecular flexibility index (Phi) is 4.97. The van der Waals surface area contributed by atoms with Gasteiger partial charge in [0.1, 0.15) is 11.5 Å². The summed E-state index contributed by atoms with van der Waals surface area (Å²) < 4.78 is 15.6. The van der Waals surface area contributed by atoms with Crippen molar-refractivity contribution in [1.82, 2.24) is 9.78 Å². The van der Waals surface area contributed by atoms with E-state index in [2.05, 4.69) is 17.5 Å². The van der Waals surface area contributed by atoms with Crippen LogP contribution in [0.4, 0.5) is 10.1 Å². The Labute approximate surface area is 163 Å². The maximum Gasteiger partial charge on any atom is 0.148 e. The van der Waals surface area contributed by atoms with Gasteiger partial charge in [0, 0.05) is 17.3 Å². The molecular formula is C23H19FN4. The van der Waals surface area contributed by atoms with Crippen molar-refractivity contribution in [3.8, 4) is 16.9 Å². The molecule has 0 radical (unpaired) electrons. The van der Waals surface area contributed by atoms with Crippen LogP contribution in [-0.4, -0.2) is 16.0 Å². The predicted molar refractivity (Wildman–Crippen MR) is 111 cm³/mol. The summed E-state index contributed by atoms with van der Waals surface area (Å²) in [4.78, 5) is 0. The number of anilines is 1. The van der Waals surface area contributed by atoms with Gasteiger partial charge in [-0.2, -0.15) is 10.2 Å². The first kappa shape index (κ1) is 17.7. The van der Waals surface area contributed by atoms with E-state index in [0.29, 0.717) is 5.69 Å². The largest absolute Gasteiger partial charge is 0.276 e. The van der Waals surface area contributed by atoms with E-state index in [4.69, 9.17) is 5.10 Å². The van der Waals surface area contributed by atoms with Crippen molar-refractivity contribution in [3.05, 3.63) is 102 Å². The number of benzene rings is 3. The Balaban J connectivity index is 1.69. The summed E-state index contributed by atoms with van der Waals surface area (Å²) in [5.74, 6) is -0.349. The van der Waals surface area contributed by atoms with Crippen LogP contribution < -0.4 is 5.43 Å². The van der Waals surface area contributed by atoms with Gasteiger partial charge in [-0.3, -0.25) is 5.43 Å². The molecule has 4 aromatic rings. The number of aromatic nitrogens is 2. The van der Waals surface area contributed by atoms with Crippen LogP contribution >= 0.6 is 0 Å². The summed E-state index contributed by atoms with van der Waals surface area (Å²) in [6.07, 6.45) is 3.58. The molecule has 1 aromatic heterocycles. The number of hydrogen-bond acceptors (Lipinski definition) is 3. The van der Waals surface area contributed by atoms with E-state index in [1.807, 2.05) is 65.5 Å². The second-order valence-corrected chi connectivity index (χ2v) is 6.43. The lowest BCUT2D eigenvalue weighted by atomic mass is 10.1. The lowest BCUT2D eigenvalue weighted by Gasteiger charge is -2.01. The van der Waals surface area contributed by atoms with Crippen LogP contribution in [0, 0.1) is 12.7 Å². The van der Waals surface area contributed by atoms with E-state index >= 15 is 0 Å². The maximum absolute atomic E-state index is 13.8. The maximum atomic E-state index is 13.8. The standard InChI is InChI=1S/C23H19FN4/c1-17-11-13-20(14-12-17)28-16-19(23(27-28)18-7-3-2-4-8-18)15-25-26-22-10-6-5-9-21(22)24/h2-16,26H,1H3/b25-15+. The second kappa shape index (κ2) is 7.88. The molecule has 0 saturated carbocycles. The minimum absolute atomic E-state index is 0.325. The monoisotopic (exact) mass is 370 g/mol. The summed E-state index contributed by atoms with van der Waals surface area (Å²) in [6.45, 7) is 2.05. The molecule has 4 rings (SSSR count). The molecule has 5 heteroatoms. The van der Waals surface area contributed by atoms with Gasteiger partial charge in [-0.05, 0) is 31.2 Å². The van der Waals surface area contributed by atoms with Crippen molar-refractivity contribution >= 4 is 11.9 Å². The Morgan fingerprint density at radius 1 is 0.929 bits per heavy atom. The van der Waals surface area contributed by atoms with Gasteiger partial charge in [-0.15, -0.1) is 0 Å². The Morgan fingerprint density at radius 3 is 2.39 bits per heavy atom. The number of hydrazone groups is 1. The molecule has 0 amide bonds. The molecule has 0 atom stereocenters. The van der Waals surface area contributed by atoms with Gasteiger partial charge >= 0.3 is 0 Å². The van der Waals surface area contributed by atoms with E-state index in [1.165, 1.54) is 11.6 Å². The molecule has 0 aliphatic carbocycles. The van der Waals surface area contributed by atoms with Crippen molar-refractivity contribution in [2.75, 3.05) is 5.43 Å². The van der Waals surface area contributed by atoms with Crippen molar-refractivity contribution in [3.63, 3.8) is 0 Å². The zero-order chi connectivity index (χ0) is 19.3. The van der Waals surface area contributed by atoms with Gasteiger partial charge in [0.2, 0.25) is 0 Å². The smallest absolute Gasteiger partial charge is 0.148 e. The van der Waals surface area contributed by atoms with E-state index in [1.54, 1.807) is 24.4 Å². The average Bonchev–Trinajstić information content (AvgIpc) is 3.15. The summed E-state index contributed by atoms with van der Waals surface area (Å²) >= 11 is 0. The highest BCUT2D eigenvalue weighted by Crippen LogP contribution is 2.23. The van der Waals surface area contributed by atoms with Crippen LogP contribution in [0.25, 0.3) is 16.9 Å². The topological polar surface area (TPSA) is 42.2 Å². The molecule has 1 heterocycles. The van der Waals surface area contributed by atoms with E-state index in [0.717, 1.165) is 22.5 Å². The Hall–Kier alpha value is -3.73. The highest BCUT2D eigenvalue weighted by Gasteiger charge is 2.11. The van der Waals surface area contributed by atoms with Crippen LogP contribution in [-0.2, 0) is 0 Å². The van der Waals surface area contributed by atoms with Crippen molar-refractivity contribution in [2.24, 2.45) is 5.10 Å². The van der Waals surface area contributed by atoms with E-state index < -0.39 is 0 Å². The number of nitrogens with zero attached hydrogens (tertiary/aromatic N) is 3. The SMILES string of the molecule is Cc1ccc(-n2cc(/C=N/Nc3ccccc3F)c(-c3ccccc3)n2)cc1. The minimum atomic E-state index is -0.349.